The summed E-state index contributed by atoms with van der Waals surface area (Å²) in [5, 5.41) is 11.8. The topological polar surface area (TPSA) is 84.9 Å². The van der Waals surface area contributed by atoms with Crippen molar-refractivity contribution in [3.05, 3.63) is 23.8 Å². The van der Waals surface area contributed by atoms with E-state index in [0.717, 1.165) is 0 Å². The van der Waals surface area contributed by atoms with E-state index < -0.39 is 11.4 Å². The molecule has 0 fully saturated rings. The van der Waals surface area contributed by atoms with Crippen LogP contribution in [0.15, 0.2) is 18.2 Å². The Morgan fingerprint density at radius 1 is 1.18 bits per heavy atom. The van der Waals surface area contributed by atoms with Crippen LogP contribution in [0.2, 0.25) is 0 Å². The molecule has 0 radical (unpaired) electrons. The number of aliphatic carboxylic acids is 1. The van der Waals surface area contributed by atoms with Gasteiger partial charge in [-0.3, -0.25) is 9.59 Å². The molecule has 2 N–H and O–H groups in total. The molecule has 1 rings (SSSR count). The Balaban J connectivity index is 2.65. The fourth-order valence-corrected chi connectivity index (χ4v) is 1.95. The molecule has 0 aromatic heterocycles. The minimum absolute atomic E-state index is 0.112. The van der Waals surface area contributed by atoms with E-state index >= 15 is 0 Å². The Hall–Kier alpha value is -2.24. The van der Waals surface area contributed by atoms with Gasteiger partial charge in [0.2, 0.25) is 5.91 Å². The lowest BCUT2D eigenvalue weighted by atomic mass is 9.90. The lowest BCUT2D eigenvalue weighted by Gasteiger charge is -2.19. The lowest BCUT2D eigenvalue weighted by Crippen LogP contribution is -2.32. The first-order chi connectivity index (χ1) is 10.3. The second-order valence-electron chi connectivity index (χ2n) is 5.61. The Morgan fingerprint density at radius 3 is 2.18 bits per heavy atom. The average Bonchev–Trinajstić information content (AvgIpc) is 2.47. The van der Waals surface area contributed by atoms with Gasteiger partial charge in [0, 0.05) is 12.1 Å². The molecule has 1 aromatic carbocycles. The SMILES string of the molecule is COc1cccc(OC)c1CC(=O)NCCC(C)(C)C(=O)O. The maximum atomic E-state index is 12.0. The van der Waals surface area contributed by atoms with Gasteiger partial charge in [-0.25, -0.2) is 0 Å². The van der Waals surface area contributed by atoms with Gasteiger partial charge in [0.05, 0.1) is 26.1 Å². The number of carbonyl (C=O) groups is 2. The van der Waals surface area contributed by atoms with E-state index in [1.165, 1.54) is 14.2 Å². The normalized spacial score (nSPS) is 10.9. The van der Waals surface area contributed by atoms with Gasteiger partial charge in [0.25, 0.3) is 0 Å². The monoisotopic (exact) mass is 309 g/mol. The van der Waals surface area contributed by atoms with E-state index in [4.69, 9.17) is 14.6 Å². The van der Waals surface area contributed by atoms with Crippen LogP contribution in [0.25, 0.3) is 0 Å². The molecule has 22 heavy (non-hydrogen) atoms. The molecule has 0 atom stereocenters. The minimum atomic E-state index is -0.881. The second kappa shape index (κ2) is 7.68. The molecule has 122 valence electrons. The summed E-state index contributed by atoms with van der Waals surface area (Å²) < 4.78 is 10.5. The molecule has 0 bridgehead atoms. The average molecular weight is 309 g/mol. The van der Waals surface area contributed by atoms with Crippen molar-refractivity contribution in [2.75, 3.05) is 20.8 Å². The largest absolute Gasteiger partial charge is 0.496 e. The van der Waals surface area contributed by atoms with Crippen LogP contribution in [0.4, 0.5) is 0 Å². The van der Waals surface area contributed by atoms with E-state index in [9.17, 15) is 9.59 Å². The fraction of sp³-hybridized carbons (Fsp3) is 0.500. The molecule has 0 aliphatic carbocycles. The summed E-state index contributed by atoms with van der Waals surface area (Å²) in [6.45, 7) is 3.56. The zero-order valence-corrected chi connectivity index (χ0v) is 13.4. The minimum Gasteiger partial charge on any atom is -0.496 e. The summed E-state index contributed by atoms with van der Waals surface area (Å²) in [5.74, 6) is 0.0814. The fourth-order valence-electron chi connectivity index (χ4n) is 1.95. The van der Waals surface area contributed by atoms with Gasteiger partial charge in [-0.15, -0.1) is 0 Å². The summed E-state index contributed by atoms with van der Waals surface area (Å²) >= 11 is 0. The van der Waals surface area contributed by atoms with E-state index in [2.05, 4.69) is 5.32 Å². The molecular weight excluding hydrogens is 286 g/mol. The van der Waals surface area contributed by atoms with Gasteiger partial charge in [-0.05, 0) is 32.4 Å². The van der Waals surface area contributed by atoms with E-state index in [1.807, 2.05) is 0 Å². The Bertz CT molecular complexity index is 517. The first-order valence-electron chi connectivity index (χ1n) is 7.01. The molecule has 6 nitrogen and oxygen atoms in total. The standard InChI is InChI=1S/C16H23NO5/c1-16(2,15(19)20)8-9-17-14(18)10-11-12(21-3)6-5-7-13(11)22-4/h5-7H,8-10H2,1-4H3,(H,17,18)(H,19,20). The molecule has 6 heteroatoms. The summed E-state index contributed by atoms with van der Waals surface area (Å²) in [6, 6.07) is 5.31. The van der Waals surface area contributed by atoms with Gasteiger partial charge < -0.3 is 19.9 Å². The lowest BCUT2D eigenvalue weighted by molar-refractivity contribution is -0.147. The van der Waals surface area contributed by atoms with Crippen LogP contribution >= 0.6 is 0 Å². The van der Waals surface area contributed by atoms with Gasteiger partial charge in [0.1, 0.15) is 11.5 Å². The summed E-state index contributed by atoms with van der Waals surface area (Å²) in [7, 11) is 3.07. The number of benzene rings is 1. The van der Waals surface area contributed by atoms with E-state index in [0.29, 0.717) is 30.0 Å². The second-order valence-corrected chi connectivity index (χ2v) is 5.61. The number of carbonyl (C=O) groups excluding carboxylic acids is 1. The molecule has 0 saturated heterocycles. The molecule has 0 aliphatic rings. The number of methoxy groups -OCH3 is 2. The molecular formula is C16H23NO5. The summed E-state index contributed by atoms with van der Waals surface area (Å²) in [4.78, 5) is 23.0. The van der Waals surface area contributed by atoms with Crippen molar-refractivity contribution in [1.29, 1.82) is 0 Å². The highest BCUT2D eigenvalue weighted by Crippen LogP contribution is 2.28. The molecule has 0 heterocycles. The number of hydrogen-bond acceptors (Lipinski definition) is 4. The van der Waals surface area contributed by atoms with Crippen LogP contribution in [-0.4, -0.2) is 37.7 Å². The molecule has 0 aliphatic heterocycles. The first-order valence-corrected chi connectivity index (χ1v) is 7.01. The zero-order chi connectivity index (χ0) is 16.8. The molecule has 1 amide bonds. The quantitative estimate of drug-likeness (QED) is 0.765. The van der Waals surface area contributed by atoms with E-state index in [1.54, 1.807) is 32.0 Å². The van der Waals surface area contributed by atoms with Crippen molar-refractivity contribution < 1.29 is 24.2 Å². The van der Waals surface area contributed by atoms with Gasteiger partial charge in [-0.2, -0.15) is 0 Å². The highest BCUT2D eigenvalue weighted by Gasteiger charge is 2.26. The molecule has 1 aromatic rings. The van der Waals surface area contributed by atoms with Crippen LogP contribution in [0.1, 0.15) is 25.8 Å². The Labute approximate surface area is 130 Å². The molecule has 0 spiro atoms. The highest BCUT2D eigenvalue weighted by molar-refractivity contribution is 5.80. The van der Waals surface area contributed by atoms with Crippen molar-refractivity contribution >= 4 is 11.9 Å². The zero-order valence-electron chi connectivity index (χ0n) is 13.4. The van der Waals surface area contributed by atoms with Crippen LogP contribution in [-0.2, 0) is 16.0 Å². The third-order valence-corrected chi connectivity index (χ3v) is 3.52. The number of carboxylic acids is 1. The third-order valence-electron chi connectivity index (χ3n) is 3.52. The van der Waals surface area contributed by atoms with Crippen molar-refractivity contribution in [3.63, 3.8) is 0 Å². The van der Waals surface area contributed by atoms with Crippen LogP contribution in [0, 0.1) is 5.41 Å². The number of ether oxygens (including phenoxy) is 2. The summed E-state index contributed by atoms with van der Waals surface area (Å²) in [5.41, 5.74) is -0.197. The van der Waals surface area contributed by atoms with Gasteiger partial charge in [-0.1, -0.05) is 6.07 Å². The van der Waals surface area contributed by atoms with Crippen molar-refractivity contribution in [1.82, 2.24) is 5.32 Å². The Kier molecular flexibility index (Phi) is 6.22. The molecule has 0 saturated carbocycles. The van der Waals surface area contributed by atoms with Crippen molar-refractivity contribution in [2.24, 2.45) is 5.41 Å². The van der Waals surface area contributed by atoms with Crippen LogP contribution in [0.3, 0.4) is 0 Å². The van der Waals surface area contributed by atoms with Gasteiger partial charge in [0.15, 0.2) is 0 Å². The number of carboxylic acid groups (broad SMARTS) is 1. The third kappa shape index (κ3) is 4.65. The predicted octanol–water partition coefficient (Wildman–Crippen LogP) is 1.86. The molecule has 0 unspecified atom stereocenters. The van der Waals surface area contributed by atoms with Crippen molar-refractivity contribution in [3.8, 4) is 11.5 Å². The number of nitrogens with one attached hydrogen (secondary N) is 1. The first kappa shape index (κ1) is 17.8. The predicted molar refractivity (Wildman–Crippen MR) is 82.3 cm³/mol. The summed E-state index contributed by atoms with van der Waals surface area (Å²) in [6.07, 6.45) is 0.470. The maximum Gasteiger partial charge on any atom is 0.309 e. The number of amides is 1. The van der Waals surface area contributed by atoms with Crippen molar-refractivity contribution in [2.45, 2.75) is 26.7 Å². The van der Waals surface area contributed by atoms with E-state index in [-0.39, 0.29) is 12.3 Å². The van der Waals surface area contributed by atoms with Crippen LogP contribution in [0.5, 0.6) is 11.5 Å². The Morgan fingerprint density at radius 2 is 1.73 bits per heavy atom. The number of hydrogen-bond donors (Lipinski definition) is 2. The maximum absolute atomic E-state index is 12.0. The van der Waals surface area contributed by atoms with Gasteiger partial charge >= 0.3 is 5.97 Å². The van der Waals surface area contributed by atoms with Crippen LogP contribution < -0.4 is 14.8 Å². The smallest absolute Gasteiger partial charge is 0.309 e. The highest BCUT2D eigenvalue weighted by atomic mass is 16.5. The number of rotatable bonds is 8.